The molecule has 2 aromatic carbocycles. The zero-order valence-electron chi connectivity index (χ0n) is 16.9. The molecule has 0 radical (unpaired) electrons. The number of nitrogens with one attached hydrogen (secondary N) is 1. The van der Waals surface area contributed by atoms with Crippen LogP contribution in [0, 0.1) is 17.0 Å². The third-order valence-electron chi connectivity index (χ3n) is 5.56. The average Bonchev–Trinajstić information content (AvgIpc) is 3.04. The summed E-state index contributed by atoms with van der Waals surface area (Å²) in [6, 6.07) is 10.6. The lowest BCUT2D eigenvalue weighted by molar-refractivity contribution is -0.384. The lowest BCUT2D eigenvalue weighted by Crippen LogP contribution is -2.33. The number of rotatable bonds is 5. The molecule has 2 aliphatic heterocycles. The Bertz CT molecular complexity index is 962. The number of likely N-dealkylation sites (tertiary alicyclic amines) is 1. The summed E-state index contributed by atoms with van der Waals surface area (Å²) in [5, 5.41) is 13.8. The van der Waals surface area contributed by atoms with Crippen LogP contribution in [0.4, 0.5) is 11.4 Å². The van der Waals surface area contributed by atoms with E-state index in [1.807, 2.05) is 12.1 Å². The monoisotopic (exact) mass is 411 g/mol. The van der Waals surface area contributed by atoms with Gasteiger partial charge in [-0.15, -0.1) is 0 Å². The fourth-order valence-electron chi connectivity index (χ4n) is 4.06. The Morgan fingerprint density at radius 3 is 2.73 bits per heavy atom. The van der Waals surface area contributed by atoms with Gasteiger partial charge in [0.15, 0.2) is 11.5 Å². The summed E-state index contributed by atoms with van der Waals surface area (Å²) in [6.07, 6.45) is 2.86. The molecule has 1 fully saturated rings. The number of hydrogen-bond donors (Lipinski definition) is 1. The molecule has 8 heteroatoms. The molecule has 8 nitrogen and oxygen atoms in total. The molecule has 0 aromatic heterocycles. The summed E-state index contributed by atoms with van der Waals surface area (Å²) in [5.74, 6) is 1.41. The van der Waals surface area contributed by atoms with Crippen molar-refractivity contribution in [1.29, 1.82) is 0 Å². The topological polar surface area (TPSA) is 93.9 Å². The van der Waals surface area contributed by atoms with Crippen LogP contribution >= 0.6 is 0 Å². The van der Waals surface area contributed by atoms with Gasteiger partial charge < -0.3 is 14.8 Å². The van der Waals surface area contributed by atoms with E-state index in [0.29, 0.717) is 24.5 Å². The van der Waals surface area contributed by atoms with Gasteiger partial charge in [0.05, 0.1) is 24.7 Å². The molecule has 4 rings (SSSR count). The van der Waals surface area contributed by atoms with Crippen LogP contribution in [0.2, 0.25) is 0 Å². The fourth-order valence-corrected chi connectivity index (χ4v) is 4.06. The van der Waals surface area contributed by atoms with Gasteiger partial charge in [-0.05, 0) is 55.6 Å². The normalized spacial score (nSPS) is 18.6. The lowest BCUT2D eigenvalue weighted by Gasteiger charge is -2.25. The van der Waals surface area contributed by atoms with Crippen molar-refractivity contribution in [2.75, 3.05) is 31.6 Å². The van der Waals surface area contributed by atoms with Crippen LogP contribution in [0.1, 0.15) is 36.4 Å². The first kappa shape index (κ1) is 20.2. The van der Waals surface area contributed by atoms with Crippen LogP contribution in [0.15, 0.2) is 36.4 Å². The van der Waals surface area contributed by atoms with Crippen LogP contribution in [-0.2, 0) is 4.79 Å². The number of fused-ring (bicyclic) bond motifs is 1. The SMILES string of the molecule is Cc1cc([N+](=O)[O-])ccc1NC(=O)CN1CCC[C@@H]1c1ccc2c(c1)OCCCO2. The minimum absolute atomic E-state index is 0.0134. The maximum Gasteiger partial charge on any atom is 0.269 e. The number of ether oxygens (including phenoxy) is 2. The minimum Gasteiger partial charge on any atom is -0.490 e. The summed E-state index contributed by atoms with van der Waals surface area (Å²) in [6.45, 7) is 4.15. The number of nitro groups is 1. The predicted molar refractivity (Wildman–Crippen MR) is 112 cm³/mol. The molecule has 1 atom stereocenters. The van der Waals surface area contributed by atoms with Crippen LogP contribution < -0.4 is 14.8 Å². The Hall–Kier alpha value is -3.13. The fraction of sp³-hybridized carbons (Fsp3) is 0.409. The van der Waals surface area contributed by atoms with Crippen molar-refractivity contribution in [1.82, 2.24) is 4.90 Å². The maximum atomic E-state index is 12.7. The summed E-state index contributed by atoms with van der Waals surface area (Å²) >= 11 is 0. The van der Waals surface area contributed by atoms with Crippen molar-refractivity contribution in [3.8, 4) is 11.5 Å². The minimum atomic E-state index is -0.442. The number of nitro benzene ring substituents is 1. The second kappa shape index (κ2) is 8.71. The molecule has 0 spiro atoms. The molecule has 1 saturated heterocycles. The summed E-state index contributed by atoms with van der Waals surface area (Å²) in [5.41, 5.74) is 2.39. The molecule has 1 amide bonds. The molecule has 0 unspecified atom stereocenters. The average molecular weight is 411 g/mol. The number of anilines is 1. The molecular formula is C22H25N3O5. The largest absolute Gasteiger partial charge is 0.490 e. The number of aryl methyl sites for hydroxylation is 1. The van der Waals surface area contributed by atoms with E-state index in [0.717, 1.165) is 42.9 Å². The van der Waals surface area contributed by atoms with Crippen molar-refractivity contribution in [2.45, 2.75) is 32.2 Å². The van der Waals surface area contributed by atoms with Gasteiger partial charge in [-0.2, -0.15) is 0 Å². The van der Waals surface area contributed by atoms with Crippen molar-refractivity contribution in [3.05, 3.63) is 57.6 Å². The standard InChI is InChI=1S/C22H25N3O5/c1-15-12-17(25(27)28)6-7-18(15)23-22(26)14-24-9-2-4-19(24)16-5-8-20-21(13-16)30-11-3-10-29-20/h5-8,12-13,19H,2-4,9-11,14H2,1H3,(H,23,26)/t19-/m1/s1. The lowest BCUT2D eigenvalue weighted by atomic mass is 10.0. The quantitative estimate of drug-likeness (QED) is 0.593. The molecule has 2 aliphatic rings. The zero-order chi connectivity index (χ0) is 21.1. The van der Waals surface area contributed by atoms with E-state index in [4.69, 9.17) is 9.47 Å². The molecule has 158 valence electrons. The van der Waals surface area contributed by atoms with Gasteiger partial charge in [0.25, 0.3) is 5.69 Å². The number of carbonyl (C=O) groups excluding carboxylic acids is 1. The highest BCUT2D eigenvalue weighted by Gasteiger charge is 2.28. The van der Waals surface area contributed by atoms with Crippen LogP contribution in [-0.4, -0.2) is 42.0 Å². The molecule has 0 saturated carbocycles. The van der Waals surface area contributed by atoms with Crippen LogP contribution in [0.25, 0.3) is 0 Å². The van der Waals surface area contributed by atoms with E-state index in [2.05, 4.69) is 16.3 Å². The van der Waals surface area contributed by atoms with E-state index in [1.165, 1.54) is 12.1 Å². The van der Waals surface area contributed by atoms with Gasteiger partial charge in [0.2, 0.25) is 5.91 Å². The van der Waals surface area contributed by atoms with Crippen molar-refractivity contribution >= 4 is 17.3 Å². The number of amides is 1. The van der Waals surface area contributed by atoms with Gasteiger partial charge in [-0.25, -0.2) is 0 Å². The summed E-state index contributed by atoms with van der Waals surface area (Å²) < 4.78 is 11.5. The molecule has 1 N–H and O–H groups in total. The molecular weight excluding hydrogens is 386 g/mol. The maximum absolute atomic E-state index is 12.7. The van der Waals surface area contributed by atoms with E-state index in [1.54, 1.807) is 13.0 Å². The smallest absolute Gasteiger partial charge is 0.269 e. The first-order valence-electron chi connectivity index (χ1n) is 10.2. The van der Waals surface area contributed by atoms with E-state index >= 15 is 0 Å². The zero-order valence-corrected chi connectivity index (χ0v) is 16.9. The molecule has 2 aromatic rings. The summed E-state index contributed by atoms with van der Waals surface area (Å²) in [4.78, 5) is 25.3. The number of benzene rings is 2. The first-order chi connectivity index (χ1) is 14.5. The van der Waals surface area contributed by atoms with Crippen LogP contribution in [0.3, 0.4) is 0 Å². The van der Waals surface area contributed by atoms with Crippen molar-refractivity contribution in [2.24, 2.45) is 0 Å². The predicted octanol–water partition coefficient (Wildman–Crippen LogP) is 3.84. The van der Waals surface area contributed by atoms with E-state index < -0.39 is 4.92 Å². The Morgan fingerprint density at radius 2 is 1.97 bits per heavy atom. The Morgan fingerprint density at radius 1 is 1.17 bits per heavy atom. The highest BCUT2D eigenvalue weighted by Crippen LogP contribution is 2.37. The molecule has 2 heterocycles. The van der Waals surface area contributed by atoms with Crippen molar-refractivity contribution < 1.29 is 19.2 Å². The Balaban J connectivity index is 1.43. The third-order valence-corrected chi connectivity index (χ3v) is 5.56. The number of nitrogens with zero attached hydrogens (tertiary/aromatic N) is 2. The van der Waals surface area contributed by atoms with Gasteiger partial charge in [0.1, 0.15) is 0 Å². The molecule has 30 heavy (non-hydrogen) atoms. The third kappa shape index (κ3) is 4.38. The Labute approximate surface area is 174 Å². The number of carbonyl (C=O) groups is 1. The van der Waals surface area contributed by atoms with Crippen molar-refractivity contribution in [3.63, 3.8) is 0 Å². The number of non-ortho nitro benzene ring substituents is 1. The van der Waals surface area contributed by atoms with Gasteiger partial charge >= 0.3 is 0 Å². The number of hydrogen-bond acceptors (Lipinski definition) is 6. The van der Waals surface area contributed by atoms with Crippen LogP contribution in [0.5, 0.6) is 11.5 Å². The van der Waals surface area contributed by atoms with Gasteiger partial charge in [-0.1, -0.05) is 6.07 Å². The Kier molecular flexibility index (Phi) is 5.85. The van der Waals surface area contributed by atoms with E-state index in [9.17, 15) is 14.9 Å². The molecule has 0 bridgehead atoms. The highest BCUT2D eigenvalue weighted by atomic mass is 16.6. The summed E-state index contributed by atoms with van der Waals surface area (Å²) in [7, 11) is 0. The van der Waals surface area contributed by atoms with E-state index in [-0.39, 0.29) is 24.2 Å². The molecule has 0 aliphatic carbocycles. The second-order valence-electron chi connectivity index (χ2n) is 7.69. The van der Waals surface area contributed by atoms with Gasteiger partial charge in [-0.3, -0.25) is 19.8 Å². The second-order valence-corrected chi connectivity index (χ2v) is 7.69. The first-order valence-corrected chi connectivity index (χ1v) is 10.2. The highest BCUT2D eigenvalue weighted by molar-refractivity contribution is 5.93. The van der Waals surface area contributed by atoms with Gasteiger partial charge in [0, 0.05) is 30.3 Å².